The van der Waals surface area contributed by atoms with E-state index < -0.39 is 24.5 Å². The van der Waals surface area contributed by atoms with Crippen molar-refractivity contribution < 1.29 is 22.8 Å². The molecule has 2 amide bonds. The fraction of sp³-hybridized carbons (Fsp3) is 0.467. The van der Waals surface area contributed by atoms with Gasteiger partial charge in [0.15, 0.2) is 0 Å². The molecule has 1 aliphatic rings. The molecule has 1 aromatic rings. The smallest absolute Gasteiger partial charge is 0.347 e. The average molecular weight is 349 g/mol. The molecule has 1 aromatic carbocycles. The SMILES string of the molecule is O=C(NCC(F)(F)F)C1CCC(=O)N(Cc2ccc(Cl)cc2)C1. The van der Waals surface area contributed by atoms with Gasteiger partial charge in [-0.05, 0) is 24.1 Å². The maximum Gasteiger partial charge on any atom is 0.405 e. The van der Waals surface area contributed by atoms with Crippen LogP contribution in [0.25, 0.3) is 0 Å². The Hall–Kier alpha value is -1.76. The molecule has 0 aromatic heterocycles. The molecule has 0 bridgehead atoms. The van der Waals surface area contributed by atoms with Crippen LogP contribution in [-0.2, 0) is 16.1 Å². The topological polar surface area (TPSA) is 49.4 Å². The zero-order valence-electron chi connectivity index (χ0n) is 12.2. The largest absolute Gasteiger partial charge is 0.405 e. The van der Waals surface area contributed by atoms with Crippen molar-refractivity contribution in [3.8, 4) is 0 Å². The Morgan fingerprint density at radius 3 is 2.57 bits per heavy atom. The number of carbonyl (C=O) groups excluding carboxylic acids is 2. The summed E-state index contributed by atoms with van der Waals surface area (Å²) in [6, 6.07) is 6.92. The summed E-state index contributed by atoms with van der Waals surface area (Å²) < 4.78 is 36.5. The molecule has 0 aliphatic carbocycles. The molecular formula is C15H16ClF3N2O2. The van der Waals surface area contributed by atoms with Gasteiger partial charge < -0.3 is 10.2 Å². The molecular weight excluding hydrogens is 333 g/mol. The van der Waals surface area contributed by atoms with E-state index in [-0.39, 0.29) is 25.3 Å². The highest BCUT2D eigenvalue weighted by atomic mass is 35.5. The van der Waals surface area contributed by atoms with Gasteiger partial charge in [-0.2, -0.15) is 13.2 Å². The summed E-state index contributed by atoms with van der Waals surface area (Å²) in [7, 11) is 0. The number of benzene rings is 1. The molecule has 1 fully saturated rings. The number of hydrogen-bond acceptors (Lipinski definition) is 2. The molecule has 126 valence electrons. The molecule has 0 saturated carbocycles. The summed E-state index contributed by atoms with van der Waals surface area (Å²) in [6.07, 6.45) is -4.03. The van der Waals surface area contributed by atoms with E-state index in [4.69, 9.17) is 11.6 Å². The normalized spacial score (nSPS) is 18.9. The van der Waals surface area contributed by atoms with E-state index in [0.717, 1.165) is 5.56 Å². The Morgan fingerprint density at radius 1 is 1.30 bits per heavy atom. The summed E-state index contributed by atoms with van der Waals surface area (Å²) in [6.45, 7) is -0.933. The van der Waals surface area contributed by atoms with Crippen LogP contribution in [0, 0.1) is 5.92 Å². The van der Waals surface area contributed by atoms with E-state index in [1.165, 1.54) is 4.90 Å². The van der Waals surface area contributed by atoms with Crippen molar-refractivity contribution in [1.82, 2.24) is 10.2 Å². The molecule has 8 heteroatoms. The number of amides is 2. The van der Waals surface area contributed by atoms with Crippen LogP contribution in [0.2, 0.25) is 5.02 Å². The zero-order valence-corrected chi connectivity index (χ0v) is 13.0. The third kappa shape index (κ3) is 5.42. The number of nitrogens with one attached hydrogen (secondary N) is 1. The fourth-order valence-electron chi connectivity index (χ4n) is 2.42. The number of alkyl halides is 3. The molecule has 2 rings (SSSR count). The summed E-state index contributed by atoms with van der Waals surface area (Å²) >= 11 is 5.79. The maximum absolute atomic E-state index is 12.2. The highest BCUT2D eigenvalue weighted by Crippen LogP contribution is 2.21. The van der Waals surface area contributed by atoms with Crippen molar-refractivity contribution >= 4 is 23.4 Å². The van der Waals surface area contributed by atoms with Gasteiger partial charge in [-0.15, -0.1) is 0 Å². The Morgan fingerprint density at radius 2 is 1.96 bits per heavy atom. The van der Waals surface area contributed by atoms with E-state index in [1.54, 1.807) is 24.3 Å². The Kier molecular flexibility index (Phi) is 5.51. The lowest BCUT2D eigenvalue weighted by Crippen LogP contribution is -2.46. The summed E-state index contributed by atoms with van der Waals surface area (Å²) in [5.74, 6) is -1.40. The van der Waals surface area contributed by atoms with E-state index in [1.807, 2.05) is 5.32 Å². The minimum Gasteiger partial charge on any atom is -0.347 e. The second kappa shape index (κ2) is 7.21. The van der Waals surface area contributed by atoms with Crippen molar-refractivity contribution in [2.45, 2.75) is 25.6 Å². The predicted molar refractivity (Wildman–Crippen MR) is 78.7 cm³/mol. The third-order valence-corrected chi connectivity index (χ3v) is 3.87. The standard InChI is InChI=1S/C15H16ClF3N2O2/c16-12-4-1-10(2-5-12)7-21-8-11(3-6-13(21)22)14(23)20-9-15(17,18)19/h1-2,4-5,11H,3,6-9H2,(H,20,23). The minimum absolute atomic E-state index is 0.111. The van der Waals surface area contributed by atoms with Gasteiger partial charge >= 0.3 is 6.18 Å². The van der Waals surface area contributed by atoms with Crippen molar-refractivity contribution in [1.29, 1.82) is 0 Å². The molecule has 1 heterocycles. The van der Waals surface area contributed by atoms with E-state index in [2.05, 4.69) is 0 Å². The van der Waals surface area contributed by atoms with Gasteiger partial charge in [0.1, 0.15) is 6.54 Å². The van der Waals surface area contributed by atoms with Gasteiger partial charge in [0.25, 0.3) is 0 Å². The predicted octanol–water partition coefficient (Wildman–Crippen LogP) is 2.76. The van der Waals surface area contributed by atoms with E-state index in [0.29, 0.717) is 11.6 Å². The van der Waals surface area contributed by atoms with Gasteiger partial charge in [0.05, 0.1) is 5.92 Å². The number of hydrogen-bond donors (Lipinski definition) is 1. The van der Waals surface area contributed by atoms with Crippen LogP contribution in [0.15, 0.2) is 24.3 Å². The molecule has 0 radical (unpaired) electrons. The fourth-order valence-corrected chi connectivity index (χ4v) is 2.55. The highest BCUT2D eigenvalue weighted by molar-refractivity contribution is 6.30. The van der Waals surface area contributed by atoms with Crippen LogP contribution in [0.4, 0.5) is 13.2 Å². The van der Waals surface area contributed by atoms with Gasteiger partial charge in [-0.1, -0.05) is 23.7 Å². The number of carbonyl (C=O) groups is 2. The third-order valence-electron chi connectivity index (χ3n) is 3.62. The van der Waals surface area contributed by atoms with E-state index in [9.17, 15) is 22.8 Å². The van der Waals surface area contributed by atoms with Gasteiger partial charge in [-0.25, -0.2) is 0 Å². The van der Waals surface area contributed by atoms with E-state index >= 15 is 0 Å². The van der Waals surface area contributed by atoms with Crippen LogP contribution in [-0.4, -0.2) is 36.0 Å². The lowest BCUT2D eigenvalue weighted by molar-refractivity contribution is -0.145. The zero-order chi connectivity index (χ0) is 17.0. The minimum atomic E-state index is -4.44. The first kappa shape index (κ1) is 17.6. The molecule has 1 unspecified atom stereocenters. The monoisotopic (exact) mass is 348 g/mol. The Balaban J connectivity index is 1.94. The average Bonchev–Trinajstić information content (AvgIpc) is 2.48. The number of piperidine rings is 1. The number of halogens is 4. The second-order valence-corrected chi connectivity index (χ2v) is 5.91. The van der Waals surface area contributed by atoms with Crippen LogP contribution in [0.1, 0.15) is 18.4 Å². The first-order valence-electron chi connectivity index (χ1n) is 7.11. The first-order valence-corrected chi connectivity index (χ1v) is 7.49. The molecule has 1 N–H and O–H groups in total. The molecule has 1 aliphatic heterocycles. The van der Waals surface area contributed by atoms with Crippen molar-refractivity contribution in [2.24, 2.45) is 5.92 Å². The second-order valence-electron chi connectivity index (χ2n) is 5.47. The lowest BCUT2D eigenvalue weighted by Gasteiger charge is -2.32. The van der Waals surface area contributed by atoms with Crippen molar-refractivity contribution in [3.05, 3.63) is 34.9 Å². The van der Waals surface area contributed by atoms with Gasteiger partial charge in [0.2, 0.25) is 11.8 Å². The maximum atomic E-state index is 12.2. The van der Waals surface area contributed by atoms with Gasteiger partial charge in [-0.3, -0.25) is 9.59 Å². The van der Waals surface area contributed by atoms with Crippen LogP contribution < -0.4 is 5.32 Å². The summed E-state index contributed by atoms with van der Waals surface area (Å²) in [5.41, 5.74) is 0.846. The first-order chi connectivity index (χ1) is 10.7. The van der Waals surface area contributed by atoms with Crippen LogP contribution in [0.3, 0.4) is 0 Å². The molecule has 0 spiro atoms. The molecule has 4 nitrogen and oxygen atoms in total. The number of nitrogens with zero attached hydrogens (tertiary/aromatic N) is 1. The highest BCUT2D eigenvalue weighted by Gasteiger charge is 2.33. The van der Waals surface area contributed by atoms with Gasteiger partial charge in [0, 0.05) is 24.5 Å². The number of rotatable bonds is 4. The summed E-state index contributed by atoms with van der Waals surface area (Å²) in [5, 5.41) is 2.45. The summed E-state index contributed by atoms with van der Waals surface area (Å²) in [4.78, 5) is 25.3. The molecule has 1 atom stereocenters. The van der Waals surface area contributed by atoms with Crippen LogP contribution >= 0.6 is 11.6 Å². The van der Waals surface area contributed by atoms with Crippen molar-refractivity contribution in [3.63, 3.8) is 0 Å². The van der Waals surface area contributed by atoms with Crippen LogP contribution in [0.5, 0.6) is 0 Å². The lowest BCUT2D eigenvalue weighted by atomic mass is 9.96. The molecule has 23 heavy (non-hydrogen) atoms. The quantitative estimate of drug-likeness (QED) is 0.909. The Labute approximate surface area is 136 Å². The number of likely N-dealkylation sites (tertiary alicyclic amines) is 1. The van der Waals surface area contributed by atoms with Crippen molar-refractivity contribution in [2.75, 3.05) is 13.1 Å². The molecule has 1 saturated heterocycles. The Bertz CT molecular complexity index is 575.